The highest BCUT2D eigenvalue weighted by molar-refractivity contribution is 5.95. The molecule has 0 unspecified atom stereocenters. The number of ether oxygens (including phenoxy) is 1. The number of amides is 1. The van der Waals surface area contributed by atoms with Crippen LogP contribution in [0.25, 0.3) is 10.8 Å². The molecule has 7 nitrogen and oxygen atoms in total. The third-order valence-electron chi connectivity index (χ3n) is 3.92. The van der Waals surface area contributed by atoms with E-state index in [0.29, 0.717) is 5.69 Å². The average molecular weight is 364 g/mol. The van der Waals surface area contributed by atoms with Gasteiger partial charge in [-0.05, 0) is 22.9 Å². The number of nitrogens with one attached hydrogen (secondary N) is 1. The molecule has 0 radical (unpaired) electrons. The molecular formula is C20H16N2O5. The zero-order valence-corrected chi connectivity index (χ0v) is 14.3. The number of hydrogen-bond donors (Lipinski definition) is 1. The van der Waals surface area contributed by atoms with E-state index < -0.39 is 23.4 Å². The number of fused-ring (bicyclic) bond motifs is 1. The summed E-state index contributed by atoms with van der Waals surface area (Å²) in [5, 5.41) is 15.6. The largest absolute Gasteiger partial charge is 0.455 e. The van der Waals surface area contributed by atoms with E-state index in [1.54, 1.807) is 12.1 Å². The fourth-order valence-corrected chi connectivity index (χ4v) is 2.66. The summed E-state index contributed by atoms with van der Waals surface area (Å²) in [6.45, 7) is -0.466. The van der Waals surface area contributed by atoms with E-state index in [2.05, 4.69) is 5.32 Å². The molecule has 0 aliphatic carbocycles. The molecule has 0 heterocycles. The molecule has 3 aromatic rings. The van der Waals surface area contributed by atoms with Gasteiger partial charge in [0.15, 0.2) is 6.61 Å². The van der Waals surface area contributed by atoms with Crippen molar-refractivity contribution in [2.24, 2.45) is 0 Å². The number of nitro benzene ring substituents is 1. The highest BCUT2D eigenvalue weighted by atomic mass is 16.6. The number of nitrogens with zero attached hydrogens (tertiary/aromatic N) is 1. The number of nitro groups is 1. The fraction of sp³-hybridized carbons (Fsp3) is 0.100. The van der Waals surface area contributed by atoms with Crippen LogP contribution in [0.15, 0.2) is 66.7 Å². The van der Waals surface area contributed by atoms with Crippen molar-refractivity contribution in [2.45, 2.75) is 6.42 Å². The minimum absolute atomic E-state index is 0.157. The predicted octanol–water partition coefficient (Wildman–Crippen LogP) is 3.47. The van der Waals surface area contributed by atoms with Crippen LogP contribution >= 0.6 is 0 Å². The fourth-order valence-electron chi connectivity index (χ4n) is 2.66. The Hall–Kier alpha value is -3.74. The van der Waals surface area contributed by atoms with Gasteiger partial charge in [0.25, 0.3) is 11.6 Å². The van der Waals surface area contributed by atoms with E-state index in [4.69, 9.17) is 4.74 Å². The molecule has 1 amide bonds. The number of rotatable bonds is 6. The van der Waals surface area contributed by atoms with Crippen molar-refractivity contribution in [3.8, 4) is 0 Å². The molecule has 0 bridgehead atoms. The lowest BCUT2D eigenvalue weighted by Gasteiger charge is -2.08. The van der Waals surface area contributed by atoms with Crippen LogP contribution < -0.4 is 5.32 Å². The summed E-state index contributed by atoms with van der Waals surface area (Å²) >= 11 is 0. The van der Waals surface area contributed by atoms with Crippen LogP contribution in [-0.4, -0.2) is 23.4 Å². The number of anilines is 1. The van der Waals surface area contributed by atoms with Crippen LogP contribution in [0.1, 0.15) is 5.56 Å². The van der Waals surface area contributed by atoms with Crippen molar-refractivity contribution in [2.75, 3.05) is 11.9 Å². The summed E-state index contributed by atoms with van der Waals surface area (Å²) in [4.78, 5) is 34.3. The molecule has 0 aliphatic rings. The summed E-state index contributed by atoms with van der Waals surface area (Å²) in [6, 6.07) is 19.1. The standard InChI is InChI=1S/C20H16N2O5/c23-19(21-17-10-9-14-5-1-2-6-15(14)11-17)13-27-20(24)12-16-7-3-4-8-18(16)22(25)26/h1-11H,12-13H2,(H,21,23). The highest BCUT2D eigenvalue weighted by Crippen LogP contribution is 2.19. The summed E-state index contributed by atoms with van der Waals surface area (Å²) in [6.07, 6.45) is -0.277. The van der Waals surface area contributed by atoms with Gasteiger partial charge in [-0.1, -0.05) is 48.5 Å². The van der Waals surface area contributed by atoms with Gasteiger partial charge in [0.2, 0.25) is 0 Å². The molecule has 0 saturated heterocycles. The molecule has 0 spiro atoms. The molecule has 0 aromatic heterocycles. The van der Waals surface area contributed by atoms with Gasteiger partial charge >= 0.3 is 5.97 Å². The van der Waals surface area contributed by atoms with Crippen molar-refractivity contribution in [3.05, 3.63) is 82.4 Å². The number of carbonyl (C=O) groups excluding carboxylic acids is 2. The maximum Gasteiger partial charge on any atom is 0.311 e. The van der Waals surface area contributed by atoms with Gasteiger partial charge in [-0.3, -0.25) is 19.7 Å². The van der Waals surface area contributed by atoms with Gasteiger partial charge in [-0.2, -0.15) is 0 Å². The Bertz CT molecular complexity index is 1020. The Balaban J connectivity index is 1.55. The van der Waals surface area contributed by atoms with Crippen LogP contribution in [0.5, 0.6) is 0 Å². The molecule has 3 rings (SSSR count). The number of benzene rings is 3. The lowest BCUT2D eigenvalue weighted by molar-refractivity contribution is -0.385. The zero-order valence-electron chi connectivity index (χ0n) is 14.3. The average Bonchev–Trinajstić information content (AvgIpc) is 2.66. The number of carbonyl (C=O) groups is 2. The summed E-state index contributed by atoms with van der Waals surface area (Å²) in [5.41, 5.74) is 0.672. The van der Waals surface area contributed by atoms with Crippen LogP contribution in [0.3, 0.4) is 0 Å². The van der Waals surface area contributed by atoms with Crippen molar-refractivity contribution < 1.29 is 19.2 Å². The molecule has 27 heavy (non-hydrogen) atoms. The van der Waals surface area contributed by atoms with E-state index in [-0.39, 0.29) is 17.7 Å². The second-order valence-electron chi connectivity index (χ2n) is 5.83. The lowest BCUT2D eigenvalue weighted by Crippen LogP contribution is -2.21. The molecule has 0 saturated carbocycles. The smallest absolute Gasteiger partial charge is 0.311 e. The second-order valence-corrected chi connectivity index (χ2v) is 5.83. The normalized spacial score (nSPS) is 10.4. The first-order valence-electron chi connectivity index (χ1n) is 8.19. The van der Waals surface area contributed by atoms with E-state index in [0.717, 1.165) is 10.8 Å². The van der Waals surface area contributed by atoms with Gasteiger partial charge < -0.3 is 10.1 Å². The molecule has 1 N–H and O–H groups in total. The van der Waals surface area contributed by atoms with Crippen LogP contribution in [0, 0.1) is 10.1 Å². The zero-order chi connectivity index (χ0) is 19.2. The van der Waals surface area contributed by atoms with E-state index in [9.17, 15) is 19.7 Å². The summed E-state index contributed by atoms with van der Waals surface area (Å²) < 4.78 is 4.93. The van der Waals surface area contributed by atoms with Gasteiger partial charge in [0.1, 0.15) is 0 Å². The maximum absolute atomic E-state index is 12.0. The van der Waals surface area contributed by atoms with E-state index in [1.807, 2.05) is 36.4 Å². The highest BCUT2D eigenvalue weighted by Gasteiger charge is 2.17. The molecule has 0 aliphatic heterocycles. The van der Waals surface area contributed by atoms with Crippen LogP contribution in [-0.2, 0) is 20.7 Å². The number of esters is 1. The molecular weight excluding hydrogens is 348 g/mol. The summed E-state index contributed by atoms with van der Waals surface area (Å²) in [7, 11) is 0. The Morgan fingerprint density at radius 1 is 0.963 bits per heavy atom. The molecule has 0 atom stereocenters. The quantitative estimate of drug-likeness (QED) is 0.410. The van der Waals surface area contributed by atoms with Crippen molar-refractivity contribution in [1.29, 1.82) is 0 Å². The van der Waals surface area contributed by atoms with Crippen molar-refractivity contribution in [1.82, 2.24) is 0 Å². The third-order valence-corrected chi connectivity index (χ3v) is 3.92. The van der Waals surface area contributed by atoms with Gasteiger partial charge in [0.05, 0.1) is 11.3 Å². The SMILES string of the molecule is O=C(COC(=O)Cc1ccccc1[N+](=O)[O-])Nc1ccc2ccccc2c1. The third kappa shape index (κ3) is 4.66. The lowest BCUT2D eigenvalue weighted by atomic mass is 10.1. The van der Waals surface area contributed by atoms with Gasteiger partial charge in [-0.25, -0.2) is 0 Å². The first-order chi connectivity index (χ1) is 13.0. The molecule has 7 heteroatoms. The monoisotopic (exact) mass is 364 g/mol. The van der Waals surface area contributed by atoms with Gasteiger partial charge in [-0.15, -0.1) is 0 Å². The predicted molar refractivity (Wildman–Crippen MR) is 100 cm³/mol. The molecule has 3 aromatic carbocycles. The Morgan fingerprint density at radius 2 is 1.67 bits per heavy atom. The van der Waals surface area contributed by atoms with E-state index >= 15 is 0 Å². The van der Waals surface area contributed by atoms with Crippen molar-refractivity contribution >= 4 is 34.0 Å². The minimum Gasteiger partial charge on any atom is -0.455 e. The first kappa shape index (κ1) is 18.1. The summed E-state index contributed by atoms with van der Waals surface area (Å²) in [5.74, 6) is -1.20. The van der Waals surface area contributed by atoms with Crippen molar-refractivity contribution in [3.63, 3.8) is 0 Å². The molecule has 136 valence electrons. The molecule has 0 fully saturated rings. The number of hydrogen-bond acceptors (Lipinski definition) is 5. The van der Waals surface area contributed by atoms with E-state index in [1.165, 1.54) is 18.2 Å². The second kappa shape index (κ2) is 8.09. The topological polar surface area (TPSA) is 98.5 Å². The minimum atomic E-state index is -0.710. The maximum atomic E-state index is 12.0. The van der Waals surface area contributed by atoms with Crippen LogP contribution in [0.2, 0.25) is 0 Å². The van der Waals surface area contributed by atoms with Crippen LogP contribution in [0.4, 0.5) is 11.4 Å². The Morgan fingerprint density at radius 3 is 2.44 bits per heavy atom. The number of para-hydroxylation sites is 1. The Labute approximate surface area is 154 Å². The first-order valence-corrected chi connectivity index (χ1v) is 8.19. The Kier molecular flexibility index (Phi) is 5.41. The van der Waals surface area contributed by atoms with Gasteiger partial charge in [0, 0.05) is 17.3 Å².